The summed E-state index contributed by atoms with van der Waals surface area (Å²) in [6.07, 6.45) is 1.68. The summed E-state index contributed by atoms with van der Waals surface area (Å²) in [4.78, 5) is 4.12. The number of pyridine rings is 1. The molecule has 1 aromatic carbocycles. The third-order valence-electron chi connectivity index (χ3n) is 2.59. The zero-order chi connectivity index (χ0) is 13.0. The van der Waals surface area contributed by atoms with Crippen LogP contribution in [0.25, 0.3) is 0 Å². The molecule has 0 unspecified atom stereocenters. The van der Waals surface area contributed by atoms with Crippen LogP contribution in [0.2, 0.25) is 0 Å². The van der Waals surface area contributed by atoms with Gasteiger partial charge in [0.15, 0.2) is 11.6 Å². The van der Waals surface area contributed by atoms with Gasteiger partial charge in [0.05, 0.1) is 5.69 Å². The molecule has 0 atom stereocenters. The van der Waals surface area contributed by atoms with Crippen molar-refractivity contribution in [3.63, 3.8) is 0 Å². The number of benzene rings is 1. The highest BCUT2D eigenvalue weighted by Crippen LogP contribution is 2.29. The van der Waals surface area contributed by atoms with Gasteiger partial charge in [-0.25, -0.2) is 4.39 Å². The Morgan fingerprint density at radius 3 is 2.83 bits per heavy atom. The molecule has 2 rings (SSSR count). The molecular weight excluding hydrogens is 231 g/mol. The number of ether oxygens (including phenoxy) is 1. The Hall–Kier alpha value is -1.94. The largest absolute Gasteiger partial charge is 0.452 e. The summed E-state index contributed by atoms with van der Waals surface area (Å²) in [5, 5.41) is 2.99. The Kier molecular flexibility index (Phi) is 3.89. The van der Waals surface area contributed by atoms with Gasteiger partial charge in [0.2, 0.25) is 0 Å². The minimum absolute atomic E-state index is 0.253. The zero-order valence-electron chi connectivity index (χ0n) is 10.4. The SMILES string of the molecule is CNCc1cccc(F)c1Oc1cccnc1C. The first kappa shape index (κ1) is 12.5. The van der Waals surface area contributed by atoms with E-state index in [1.807, 2.05) is 20.0 Å². The second-order valence-electron chi connectivity index (χ2n) is 3.95. The van der Waals surface area contributed by atoms with Gasteiger partial charge >= 0.3 is 0 Å². The molecule has 2 aromatic rings. The summed E-state index contributed by atoms with van der Waals surface area (Å²) in [7, 11) is 1.81. The standard InChI is InChI=1S/C14H15FN2O/c1-10-13(7-4-8-17-10)18-14-11(9-16-2)5-3-6-12(14)15/h3-8,16H,9H2,1-2H3. The number of aryl methyl sites for hydroxylation is 1. The lowest BCUT2D eigenvalue weighted by Gasteiger charge is -2.12. The maximum absolute atomic E-state index is 13.8. The molecule has 3 nitrogen and oxygen atoms in total. The molecule has 0 aliphatic carbocycles. The third kappa shape index (κ3) is 2.65. The lowest BCUT2D eigenvalue weighted by atomic mass is 10.2. The van der Waals surface area contributed by atoms with E-state index in [2.05, 4.69) is 10.3 Å². The van der Waals surface area contributed by atoms with Crippen molar-refractivity contribution >= 4 is 0 Å². The van der Waals surface area contributed by atoms with E-state index in [4.69, 9.17) is 4.74 Å². The molecule has 0 saturated carbocycles. The highest BCUT2D eigenvalue weighted by molar-refractivity contribution is 5.40. The number of nitrogens with one attached hydrogen (secondary N) is 1. The van der Waals surface area contributed by atoms with Crippen molar-refractivity contribution in [3.8, 4) is 11.5 Å². The van der Waals surface area contributed by atoms with Crippen molar-refractivity contribution in [1.82, 2.24) is 10.3 Å². The average Bonchev–Trinajstić information content (AvgIpc) is 2.36. The van der Waals surface area contributed by atoms with E-state index in [1.165, 1.54) is 6.07 Å². The molecule has 1 heterocycles. The second-order valence-corrected chi connectivity index (χ2v) is 3.95. The summed E-state index contributed by atoms with van der Waals surface area (Å²) in [5.41, 5.74) is 1.51. The minimum atomic E-state index is -0.369. The number of para-hydroxylation sites is 1. The van der Waals surface area contributed by atoms with Gasteiger partial charge in [-0.2, -0.15) is 0 Å². The van der Waals surface area contributed by atoms with E-state index in [1.54, 1.807) is 24.4 Å². The summed E-state index contributed by atoms with van der Waals surface area (Å²) in [6, 6.07) is 8.44. The number of aromatic nitrogens is 1. The summed E-state index contributed by atoms with van der Waals surface area (Å²) in [5.74, 6) is 0.453. The molecule has 0 spiro atoms. The molecule has 0 aliphatic heterocycles. The van der Waals surface area contributed by atoms with Crippen molar-refractivity contribution in [2.75, 3.05) is 7.05 Å². The van der Waals surface area contributed by atoms with E-state index in [-0.39, 0.29) is 11.6 Å². The van der Waals surface area contributed by atoms with Crippen LogP contribution < -0.4 is 10.1 Å². The van der Waals surface area contributed by atoms with Crippen LogP contribution in [0, 0.1) is 12.7 Å². The van der Waals surface area contributed by atoms with Crippen LogP contribution in [0.3, 0.4) is 0 Å². The van der Waals surface area contributed by atoms with Gasteiger partial charge in [-0.15, -0.1) is 0 Å². The predicted octanol–water partition coefficient (Wildman–Crippen LogP) is 3.04. The van der Waals surface area contributed by atoms with Gasteiger partial charge < -0.3 is 10.1 Å². The molecular formula is C14H15FN2O. The molecule has 1 aromatic heterocycles. The molecule has 1 N–H and O–H groups in total. The normalized spacial score (nSPS) is 10.4. The Labute approximate surface area is 106 Å². The molecule has 18 heavy (non-hydrogen) atoms. The van der Waals surface area contributed by atoms with Gasteiger partial charge in [-0.3, -0.25) is 4.98 Å². The molecule has 0 saturated heterocycles. The van der Waals surface area contributed by atoms with Gasteiger partial charge in [0.25, 0.3) is 0 Å². The molecule has 0 radical (unpaired) electrons. The first-order valence-electron chi connectivity index (χ1n) is 5.74. The smallest absolute Gasteiger partial charge is 0.167 e. The van der Waals surface area contributed by atoms with Crippen molar-refractivity contribution < 1.29 is 9.13 Å². The number of halogens is 1. The van der Waals surface area contributed by atoms with Crippen molar-refractivity contribution in [1.29, 1.82) is 0 Å². The first-order valence-corrected chi connectivity index (χ1v) is 5.74. The Morgan fingerprint density at radius 2 is 2.11 bits per heavy atom. The monoisotopic (exact) mass is 246 g/mol. The van der Waals surface area contributed by atoms with Gasteiger partial charge in [-0.05, 0) is 32.2 Å². The fourth-order valence-electron chi connectivity index (χ4n) is 1.68. The fraction of sp³-hybridized carbons (Fsp3) is 0.214. The van der Waals surface area contributed by atoms with E-state index in [9.17, 15) is 4.39 Å². The van der Waals surface area contributed by atoms with Gasteiger partial charge in [0.1, 0.15) is 5.75 Å². The molecule has 0 amide bonds. The molecule has 0 bridgehead atoms. The average molecular weight is 246 g/mol. The fourth-order valence-corrected chi connectivity index (χ4v) is 1.68. The van der Waals surface area contributed by atoms with E-state index in [0.29, 0.717) is 12.3 Å². The van der Waals surface area contributed by atoms with Gasteiger partial charge in [-0.1, -0.05) is 12.1 Å². The lowest BCUT2D eigenvalue weighted by molar-refractivity contribution is 0.430. The topological polar surface area (TPSA) is 34.1 Å². The minimum Gasteiger partial charge on any atom is -0.452 e. The van der Waals surface area contributed by atoms with Crippen LogP contribution in [-0.2, 0) is 6.54 Å². The van der Waals surface area contributed by atoms with Crippen LogP contribution in [0.5, 0.6) is 11.5 Å². The van der Waals surface area contributed by atoms with Crippen LogP contribution in [0.15, 0.2) is 36.5 Å². The first-order chi connectivity index (χ1) is 8.72. The number of rotatable bonds is 4. The van der Waals surface area contributed by atoms with E-state index in [0.717, 1.165) is 11.3 Å². The lowest BCUT2D eigenvalue weighted by Crippen LogP contribution is -2.07. The Balaban J connectivity index is 2.36. The van der Waals surface area contributed by atoms with Gasteiger partial charge in [0, 0.05) is 18.3 Å². The second kappa shape index (κ2) is 5.60. The van der Waals surface area contributed by atoms with Crippen molar-refractivity contribution in [3.05, 3.63) is 53.6 Å². The highest BCUT2D eigenvalue weighted by Gasteiger charge is 2.11. The number of hydrogen-bond acceptors (Lipinski definition) is 3. The third-order valence-corrected chi connectivity index (χ3v) is 2.59. The summed E-state index contributed by atoms with van der Waals surface area (Å²) >= 11 is 0. The summed E-state index contributed by atoms with van der Waals surface area (Å²) < 4.78 is 19.5. The maximum atomic E-state index is 13.8. The quantitative estimate of drug-likeness (QED) is 0.900. The van der Waals surface area contributed by atoms with Crippen LogP contribution >= 0.6 is 0 Å². The number of hydrogen-bond donors (Lipinski definition) is 1. The predicted molar refractivity (Wildman–Crippen MR) is 68.2 cm³/mol. The molecule has 0 aliphatic rings. The van der Waals surface area contributed by atoms with Crippen LogP contribution in [0.1, 0.15) is 11.3 Å². The molecule has 0 fully saturated rings. The zero-order valence-corrected chi connectivity index (χ0v) is 10.4. The van der Waals surface area contributed by atoms with E-state index >= 15 is 0 Å². The van der Waals surface area contributed by atoms with Crippen LogP contribution in [-0.4, -0.2) is 12.0 Å². The Bertz CT molecular complexity index is 543. The van der Waals surface area contributed by atoms with Crippen molar-refractivity contribution in [2.24, 2.45) is 0 Å². The molecule has 94 valence electrons. The number of nitrogens with zero attached hydrogens (tertiary/aromatic N) is 1. The van der Waals surface area contributed by atoms with E-state index < -0.39 is 0 Å². The summed E-state index contributed by atoms with van der Waals surface area (Å²) in [6.45, 7) is 2.38. The van der Waals surface area contributed by atoms with Crippen molar-refractivity contribution in [2.45, 2.75) is 13.5 Å². The molecule has 4 heteroatoms. The maximum Gasteiger partial charge on any atom is 0.167 e. The Morgan fingerprint density at radius 1 is 1.28 bits per heavy atom. The highest BCUT2D eigenvalue weighted by atomic mass is 19.1. The van der Waals surface area contributed by atoms with Crippen LogP contribution in [0.4, 0.5) is 4.39 Å².